The smallest absolute Gasteiger partial charge is 0.387 e. The van der Waals surface area contributed by atoms with Gasteiger partial charge in [0.2, 0.25) is 0 Å². The molecular formula is C24H19ClF2N4O4S. The second kappa shape index (κ2) is 10.1. The predicted molar refractivity (Wildman–Crippen MR) is 130 cm³/mol. The van der Waals surface area contributed by atoms with Crippen molar-refractivity contribution in [1.29, 1.82) is 0 Å². The number of amides is 1. The minimum absolute atomic E-state index is 0.180. The van der Waals surface area contributed by atoms with E-state index >= 15 is 0 Å². The molecule has 1 atom stereocenters. The van der Waals surface area contributed by atoms with Gasteiger partial charge in [-0.05, 0) is 49.4 Å². The molecule has 0 aliphatic carbocycles. The SMILES string of the molecule is C[C@H](NC(=O)c1cc(OC(F)F)cc(S(C)(=O)=O)c1)c1nc2ccccc2nc1-c1ccc(Cl)cn1. The molecule has 2 heterocycles. The van der Waals surface area contributed by atoms with E-state index in [0.717, 1.165) is 24.5 Å². The number of rotatable bonds is 7. The lowest BCUT2D eigenvalue weighted by Crippen LogP contribution is -2.28. The van der Waals surface area contributed by atoms with Crippen LogP contribution in [0.15, 0.2) is 65.7 Å². The predicted octanol–water partition coefficient (Wildman–Crippen LogP) is 4.84. The average molecular weight is 533 g/mol. The quantitative estimate of drug-likeness (QED) is 0.362. The van der Waals surface area contributed by atoms with Crippen molar-refractivity contribution in [2.75, 3.05) is 6.26 Å². The third-order valence-electron chi connectivity index (χ3n) is 5.12. The highest BCUT2D eigenvalue weighted by Crippen LogP contribution is 2.28. The number of para-hydroxylation sites is 2. The number of fused-ring (bicyclic) bond motifs is 1. The number of aromatic nitrogens is 3. The van der Waals surface area contributed by atoms with Crippen molar-refractivity contribution in [3.8, 4) is 17.1 Å². The van der Waals surface area contributed by atoms with Crippen LogP contribution in [0.25, 0.3) is 22.4 Å². The van der Waals surface area contributed by atoms with Gasteiger partial charge in [0.15, 0.2) is 9.84 Å². The summed E-state index contributed by atoms with van der Waals surface area (Å²) in [6.45, 7) is -1.54. The Morgan fingerprint density at radius 1 is 1.06 bits per heavy atom. The van der Waals surface area contributed by atoms with E-state index in [1.807, 2.05) is 6.07 Å². The molecule has 2 aromatic heterocycles. The summed E-state index contributed by atoms with van der Waals surface area (Å²) in [5, 5.41) is 3.16. The monoisotopic (exact) mass is 532 g/mol. The first-order valence-corrected chi connectivity index (χ1v) is 12.8. The van der Waals surface area contributed by atoms with E-state index in [4.69, 9.17) is 11.6 Å². The van der Waals surface area contributed by atoms with Crippen LogP contribution in [0.2, 0.25) is 5.02 Å². The van der Waals surface area contributed by atoms with Gasteiger partial charge in [0.25, 0.3) is 5.91 Å². The number of alkyl halides is 2. The highest BCUT2D eigenvalue weighted by molar-refractivity contribution is 7.90. The molecule has 0 radical (unpaired) electrons. The lowest BCUT2D eigenvalue weighted by molar-refractivity contribution is -0.0500. The van der Waals surface area contributed by atoms with Crippen LogP contribution in [-0.2, 0) is 9.84 Å². The number of halogens is 3. The number of nitrogens with one attached hydrogen (secondary N) is 1. The number of nitrogens with zero attached hydrogens (tertiary/aromatic N) is 3. The molecule has 36 heavy (non-hydrogen) atoms. The zero-order valence-electron chi connectivity index (χ0n) is 18.9. The number of sulfone groups is 1. The minimum Gasteiger partial charge on any atom is -0.435 e. The van der Waals surface area contributed by atoms with Crippen LogP contribution >= 0.6 is 11.6 Å². The fraction of sp³-hybridized carbons (Fsp3) is 0.167. The molecule has 1 amide bonds. The maximum absolute atomic E-state index is 13.1. The Morgan fingerprint density at radius 3 is 2.36 bits per heavy atom. The van der Waals surface area contributed by atoms with E-state index < -0.39 is 34.1 Å². The van der Waals surface area contributed by atoms with Crippen molar-refractivity contribution in [3.63, 3.8) is 0 Å². The zero-order chi connectivity index (χ0) is 26.0. The average Bonchev–Trinajstić information content (AvgIpc) is 2.82. The molecule has 1 N–H and O–H groups in total. The van der Waals surface area contributed by atoms with Gasteiger partial charge in [-0.15, -0.1) is 0 Å². The summed E-state index contributed by atoms with van der Waals surface area (Å²) < 4.78 is 53.9. The third kappa shape index (κ3) is 5.74. The Labute approximate surface area is 210 Å². The molecule has 0 aliphatic heterocycles. The summed E-state index contributed by atoms with van der Waals surface area (Å²) in [6, 6.07) is 12.8. The van der Waals surface area contributed by atoms with Gasteiger partial charge in [-0.2, -0.15) is 8.78 Å². The van der Waals surface area contributed by atoms with Crippen molar-refractivity contribution >= 4 is 38.4 Å². The van der Waals surface area contributed by atoms with E-state index in [0.29, 0.717) is 33.1 Å². The van der Waals surface area contributed by atoms with Crippen molar-refractivity contribution in [1.82, 2.24) is 20.3 Å². The van der Waals surface area contributed by atoms with Crippen LogP contribution in [0.5, 0.6) is 5.75 Å². The number of carbonyl (C=O) groups excluding carboxylic acids is 1. The number of benzene rings is 2. The topological polar surface area (TPSA) is 111 Å². The Kier molecular flexibility index (Phi) is 7.14. The van der Waals surface area contributed by atoms with E-state index in [9.17, 15) is 22.0 Å². The number of hydrogen-bond donors (Lipinski definition) is 1. The number of carbonyl (C=O) groups is 1. The summed E-state index contributed by atoms with van der Waals surface area (Å²) in [5.41, 5.74) is 2.28. The molecule has 8 nitrogen and oxygen atoms in total. The summed E-state index contributed by atoms with van der Waals surface area (Å²) >= 11 is 5.97. The van der Waals surface area contributed by atoms with Gasteiger partial charge in [-0.3, -0.25) is 9.78 Å². The summed E-state index contributed by atoms with van der Waals surface area (Å²) in [6.07, 6.45) is 2.36. The molecule has 0 saturated heterocycles. The second-order valence-corrected chi connectivity index (χ2v) is 10.3. The fourth-order valence-corrected chi connectivity index (χ4v) is 4.24. The van der Waals surface area contributed by atoms with Gasteiger partial charge in [0, 0.05) is 18.0 Å². The molecule has 0 saturated carbocycles. The van der Waals surface area contributed by atoms with E-state index in [-0.39, 0.29) is 10.5 Å². The molecule has 0 spiro atoms. The Morgan fingerprint density at radius 2 is 1.75 bits per heavy atom. The second-order valence-electron chi connectivity index (χ2n) is 7.85. The molecule has 186 valence electrons. The molecule has 4 aromatic rings. The van der Waals surface area contributed by atoms with Gasteiger partial charge in [-0.25, -0.2) is 18.4 Å². The van der Waals surface area contributed by atoms with Crippen molar-refractivity contribution in [2.45, 2.75) is 24.5 Å². The van der Waals surface area contributed by atoms with E-state index in [2.05, 4.69) is 25.0 Å². The van der Waals surface area contributed by atoms with Crippen LogP contribution in [0.4, 0.5) is 8.78 Å². The zero-order valence-corrected chi connectivity index (χ0v) is 20.5. The lowest BCUT2D eigenvalue weighted by Gasteiger charge is -2.18. The maximum Gasteiger partial charge on any atom is 0.387 e. The Balaban J connectivity index is 1.73. The molecule has 2 aromatic carbocycles. The van der Waals surface area contributed by atoms with Gasteiger partial charge < -0.3 is 10.1 Å². The molecule has 12 heteroatoms. The summed E-state index contributed by atoms with van der Waals surface area (Å²) in [4.78, 5) is 26.4. The van der Waals surface area contributed by atoms with Crippen LogP contribution in [-0.4, -0.2) is 42.1 Å². The fourth-order valence-electron chi connectivity index (χ4n) is 3.46. The molecule has 0 unspecified atom stereocenters. The maximum atomic E-state index is 13.1. The summed E-state index contributed by atoms with van der Waals surface area (Å²) in [7, 11) is -3.81. The van der Waals surface area contributed by atoms with Crippen LogP contribution < -0.4 is 10.1 Å². The number of pyridine rings is 1. The number of hydrogen-bond acceptors (Lipinski definition) is 7. The first kappa shape index (κ1) is 25.4. The van der Waals surface area contributed by atoms with Crippen molar-refractivity contribution < 1.29 is 26.7 Å². The minimum atomic E-state index is -3.81. The number of ether oxygens (including phenoxy) is 1. The largest absolute Gasteiger partial charge is 0.435 e. The highest BCUT2D eigenvalue weighted by atomic mass is 35.5. The van der Waals surface area contributed by atoms with Gasteiger partial charge in [0.1, 0.15) is 11.4 Å². The molecule has 0 bridgehead atoms. The molecule has 0 fully saturated rings. The van der Waals surface area contributed by atoms with Gasteiger partial charge >= 0.3 is 6.61 Å². The van der Waals surface area contributed by atoms with Crippen molar-refractivity contribution in [3.05, 3.63) is 77.1 Å². The third-order valence-corrected chi connectivity index (χ3v) is 6.44. The van der Waals surface area contributed by atoms with E-state index in [1.54, 1.807) is 37.3 Å². The molecule has 0 aliphatic rings. The first-order chi connectivity index (χ1) is 17.0. The molecular weight excluding hydrogens is 514 g/mol. The Hall–Kier alpha value is -3.70. The van der Waals surface area contributed by atoms with Crippen LogP contribution in [0.3, 0.4) is 0 Å². The van der Waals surface area contributed by atoms with Gasteiger partial charge in [0.05, 0.1) is 38.4 Å². The van der Waals surface area contributed by atoms with E-state index in [1.165, 1.54) is 6.20 Å². The van der Waals surface area contributed by atoms with Gasteiger partial charge in [-0.1, -0.05) is 23.7 Å². The standard InChI is InChI=1S/C24H19ClF2N4O4S/c1-13(29-23(32)14-9-16(35-24(26)27)11-17(10-14)36(2,33)34)21-22(20-8-7-15(25)12-28-20)31-19-6-4-3-5-18(19)30-21/h3-13,24H,1-2H3,(H,29,32)/t13-/m0/s1. The first-order valence-electron chi connectivity index (χ1n) is 10.5. The summed E-state index contributed by atoms with van der Waals surface area (Å²) in [5.74, 6) is -1.18. The van der Waals surface area contributed by atoms with Crippen LogP contribution in [0, 0.1) is 0 Å². The Bertz CT molecular complexity index is 1550. The lowest BCUT2D eigenvalue weighted by atomic mass is 10.1. The van der Waals surface area contributed by atoms with Crippen LogP contribution in [0.1, 0.15) is 29.0 Å². The van der Waals surface area contributed by atoms with Crippen molar-refractivity contribution in [2.24, 2.45) is 0 Å². The molecule has 4 rings (SSSR count). The highest BCUT2D eigenvalue weighted by Gasteiger charge is 2.22. The normalized spacial score (nSPS) is 12.5.